The van der Waals surface area contributed by atoms with Crippen molar-refractivity contribution in [2.45, 2.75) is 0 Å². The molecule has 0 spiro atoms. The summed E-state index contributed by atoms with van der Waals surface area (Å²) in [6, 6.07) is 48.4. The van der Waals surface area contributed by atoms with Gasteiger partial charge in [-0.15, -0.1) is 0 Å². The van der Waals surface area contributed by atoms with Crippen molar-refractivity contribution in [2.75, 3.05) is 9.80 Å². The Morgan fingerprint density at radius 1 is 0.417 bits per heavy atom. The summed E-state index contributed by atoms with van der Waals surface area (Å²) in [5, 5.41) is 0. The molecule has 0 radical (unpaired) electrons. The predicted octanol–water partition coefficient (Wildman–Crippen LogP) is 9.61. The van der Waals surface area contributed by atoms with E-state index in [2.05, 4.69) is 150 Å². The number of hydrogen-bond acceptors (Lipinski definition) is 2. The minimum atomic E-state index is 1.10. The van der Waals surface area contributed by atoms with Crippen molar-refractivity contribution >= 4 is 40.6 Å². The van der Waals surface area contributed by atoms with Crippen LogP contribution in [0.25, 0.3) is 12.2 Å². The summed E-state index contributed by atoms with van der Waals surface area (Å²) < 4.78 is 0. The summed E-state index contributed by atoms with van der Waals surface area (Å²) in [4.78, 5) is 4.46. The molecule has 0 bridgehead atoms. The number of rotatable bonds is 8. The maximum Gasteiger partial charge on any atom is 0.0462 e. The number of hydrogen-bond donors (Lipinski definition) is 0. The van der Waals surface area contributed by atoms with Crippen LogP contribution in [0.15, 0.2) is 152 Å². The van der Waals surface area contributed by atoms with E-state index in [0.717, 1.165) is 39.6 Å². The van der Waals surface area contributed by atoms with Crippen molar-refractivity contribution in [3.63, 3.8) is 0 Å². The molecule has 0 amide bonds. The molecule has 36 heavy (non-hydrogen) atoms. The Hall–Kier alpha value is -4.82. The molecule has 5 rings (SSSR count). The standard InChI is InChI=1S/C34H28N2/c1-2-28-18-22-31(23-19-28)35(30-12-6-3-7-13-30)27-26-29-20-24-34(25-21-29)36(32-14-8-4-9-15-32)33-16-10-5-11-17-33/h2-27H,1H2. The van der Waals surface area contributed by atoms with Crippen LogP contribution in [0, 0.1) is 0 Å². The van der Waals surface area contributed by atoms with Gasteiger partial charge < -0.3 is 9.80 Å². The van der Waals surface area contributed by atoms with Crippen LogP contribution in [-0.2, 0) is 0 Å². The maximum absolute atomic E-state index is 3.87. The normalized spacial score (nSPS) is 10.8. The lowest BCUT2D eigenvalue weighted by molar-refractivity contribution is 1.28. The zero-order chi connectivity index (χ0) is 24.6. The van der Waals surface area contributed by atoms with E-state index in [0.29, 0.717) is 0 Å². The maximum atomic E-state index is 3.87. The monoisotopic (exact) mass is 464 g/mol. The highest BCUT2D eigenvalue weighted by Gasteiger charge is 2.11. The molecule has 0 unspecified atom stereocenters. The second kappa shape index (κ2) is 11.1. The third kappa shape index (κ3) is 5.29. The minimum Gasteiger partial charge on any atom is -0.317 e. The molecule has 0 aliphatic heterocycles. The minimum absolute atomic E-state index is 1.10. The Kier molecular flexibility index (Phi) is 7.06. The second-order valence-electron chi connectivity index (χ2n) is 8.41. The number of nitrogens with zero attached hydrogens (tertiary/aromatic N) is 2. The molecule has 0 saturated carbocycles. The summed E-state index contributed by atoms with van der Waals surface area (Å²) in [6.45, 7) is 3.87. The molecule has 174 valence electrons. The number of para-hydroxylation sites is 3. The van der Waals surface area contributed by atoms with Crippen molar-refractivity contribution in [2.24, 2.45) is 0 Å². The lowest BCUT2D eigenvalue weighted by Gasteiger charge is -2.25. The Balaban J connectivity index is 1.45. The molecule has 2 heteroatoms. The first-order chi connectivity index (χ1) is 17.8. The highest BCUT2D eigenvalue weighted by atomic mass is 15.1. The van der Waals surface area contributed by atoms with Gasteiger partial charge in [-0.25, -0.2) is 0 Å². The Morgan fingerprint density at radius 2 is 0.806 bits per heavy atom. The fraction of sp³-hybridized carbons (Fsp3) is 0. The Labute approximate surface area is 213 Å². The van der Waals surface area contributed by atoms with Crippen LogP contribution in [-0.4, -0.2) is 0 Å². The highest BCUT2D eigenvalue weighted by Crippen LogP contribution is 2.34. The molecule has 0 heterocycles. The van der Waals surface area contributed by atoms with Crippen LogP contribution in [0.5, 0.6) is 0 Å². The van der Waals surface area contributed by atoms with Gasteiger partial charge >= 0.3 is 0 Å². The predicted molar refractivity (Wildman–Crippen MR) is 155 cm³/mol. The van der Waals surface area contributed by atoms with Gasteiger partial charge in [-0.05, 0) is 77.9 Å². The van der Waals surface area contributed by atoms with Gasteiger partial charge in [-0.3, -0.25) is 0 Å². The van der Waals surface area contributed by atoms with Gasteiger partial charge in [-0.1, -0.05) is 91.5 Å². The topological polar surface area (TPSA) is 6.48 Å². The summed E-state index contributed by atoms with van der Waals surface area (Å²) in [6.07, 6.45) is 6.13. The molecule has 0 saturated heterocycles. The van der Waals surface area contributed by atoms with Gasteiger partial charge in [0.05, 0.1) is 0 Å². The third-order valence-electron chi connectivity index (χ3n) is 6.04. The molecule has 2 nitrogen and oxygen atoms in total. The molecular formula is C34H28N2. The fourth-order valence-electron chi connectivity index (χ4n) is 4.18. The van der Waals surface area contributed by atoms with Gasteiger partial charge in [-0.2, -0.15) is 0 Å². The average Bonchev–Trinajstić information content (AvgIpc) is 2.96. The molecule has 0 aliphatic carbocycles. The van der Waals surface area contributed by atoms with Gasteiger partial charge in [0, 0.05) is 34.6 Å². The van der Waals surface area contributed by atoms with Crippen LogP contribution in [0.3, 0.4) is 0 Å². The molecule has 0 atom stereocenters. The first kappa shape index (κ1) is 22.9. The van der Waals surface area contributed by atoms with E-state index in [1.54, 1.807) is 0 Å². The van der Waals surface area contributed by atoms with Crippen LogP contribution in [0.2, 0.25) is 0 Å². The SMILES string of the molecule is C=Cc1ccc(N(C=Cc2ccc(N(c3ccccc3)c3ccccc3)cc2)c2ccccc2)cc1. The van der Waals surface area contributed by atoms with Crippen LogP contribution in [0.4, 0.5) is 28.4 Å². The quantitative estimate of drug-likeness (QED) is 0.225. The molecule has 5 aromatic rings. The molecule has 5 aromatic carbocycles. The molecule has 0 aromatic heterocycles. The number of benzene rings is 5. The molecule has 0 N–H and O–H groups in total. The first-order valence-corrected chi connectivity index (χ1v) is 12.1. The van der Waals surface area contributed by atoms with E-state index in [1.165, 1.54) is 0 Å². The summed E-state index contributed by atoms with van der Waals surface area (Å²) in [7, 11) is 0. The lowest BCUT2D eigenvalue weighted by Crippen LogP contribution is -2.09. The van der Waals surface area contributed by atoms with Crippen molar-refractivity contribution < 1.29 is 0 Å². The van der Waals surface area contributed by atoms with Crippen molar-refractivity contribution in [3.8, 4) is 0 Å². The van der Waals surface area contributed by atoms with E-state index < -0.39 is 0 Å². The highest BCUT2D eigenvalue weighted by molar-refractivity contribution is 5.77. The molecular weight excluding hydrogens is 436 g/mol. The zero-order valence-electron chi connectivity index (χ0n) is 20.1. The van der Waals surface area contributed by atoms with Crippen molar-refractivity contribution in [1.82, 2.24) is 0 Å². The second-order valence-corrected chi connectivity index (χ2v) is 8.41. The first-order valence-electron chi connectivity index (χ1n) is 12.1. The van der Waals surface area contributed by atoms with E-state index >= 15 is 0 Å². The van der Waals surface area contributed by atoms with Gasteiger partial charge in [0.2, 0.25) is 0 Å². The van der Waals surface area contributed by atoms with Crippen molar-refractivity contribution in [3.05, 3.63) is 163 Å². The molecule has 0 aliphatic rings. The average molecular weight is 465 g/mol. The summed E-state index contributed by atoms with van der Waals surface area (Å²) >= 11 is 0. The van der Waals surface area contributed by atoms with E-state index in [4.69, 9.17) is 0 Å². The fourth-order valence-corrected chi connectivity index (χ4v) is 4.18. The van der Waals surface area contributed by atoms with E-state index in [1.807, 2.05) is 24.3 Å². The zero-order valence-corrected chi connectivity index (χ0v) is 20.1. The summed E-state index contributed by atoms with van der Waals surface area (Å²) in [5.41, 5.74) is 7.81. The van der Waals surface area contributed by atoms with Gasteiger partial charge in [0.25, 0.3) is 0 Å². The van der Waals surface area contributed by atoms with E-state index in [9.17, 15) is 0 Å². The number of anilines is 5. The van der Waals surface area contributed by atoms with Gasteiger partial charge in [0.1, 0.15) is 0 Å². The van der Waals surface area contributed by atoms with E-state index in [-0.39, 0.29) is 0 Å². The molecule has 0 fully saturated rings. The van der Waals surface area contributed by atoms with Crippen molar-refractivity contribution in [1.29, 1.82) is 0 Å². The smallest absolute Gasteiger partial charge is 0.0462 e. The van der Waals surface area contributed by atoms with Gasteiger partial charge in [0.15, 0.2) is 0 Å². The van der Waals surface area contributed by atoms with Crippen LogP contribution < -0.4 is 9.80 Å². The lowest BCUT2D eigenvalue weighted by atomic mass is 10.1. The Bertz CT molecular complexity index is 1370. The van der Waals surface area contributed by atoms with Crippen LogP contribution in [0.1, 0.15) is 11.1 Å². The van der Waals surface area contributed by atoms with Crippen LogP contribution >= 0.6 is 0 Å². The Morgan fingerprint density at radius 3 is 1.31 bits per heavy atom. The summed E-state index contributed by atoms with van der Waals surface area (Å²) in [5.74, 6) is 0. The third-order valence-corrected chi connectivity index (χ3v) is 6.04. The largest absolute Gasteiger partial charge is 0.317 e.